The maximum absolute atomic E-state index is 3.14. The quantitative estimate of drug-likeness (QED) is 0.583. The Labute approximate surface area is 62.8 Å². The van der Waals surface area contributed by atoms with Crippen molar-refractivity contribution in [2.75, 3.05) is 7.05 Å². The number of rotatable bonds is 1. The summed E-state index contributed by atoms with van der Waals surface area (Å²) in [5.41, 5.74) is 1.25. The van der Waals surface area contributed by atoms with E-state index in [4.69, 9.17) is 0 Å². The van der Waals surface area contributed by atoms with Gasteiger partial charge in [-0.2, -0.15) is 0 Å². The van der Waals surface area contributed by atoms with Crippen LogP contribution in [0.3, 0.4) is 0 Å². The Balaban J connectivity index is 2.57. The molecule has 1 rings (SSSR count). The molecule has 0 amide bonds. The molecule has 0 heterocycles. The third-order valence-electron chi connectivity index (χ3n) is 1.88. The molecule has 56 valence electrons. The van der Waals surface area contributed by atoms with E-state index < -0.39 is 0 Å². The first-order valence-electron chi connectivity index (χ1n) is 3.89. The van der Waals surface area contributed by atoms with Crippen LogP contribution in [0.2, 0.25) is 0 Å². The second-order valence-electron chi connectivity index (χ2n) is 2.82. The van der Waals surface area contributed by atoms with Crippen molar-refractivity contribution in [3.8, 4) is 0 Å². The normalized spacial score (nSPS) is 25.4. The van der Waals surface area contributed by atoms with Crippen molar-refractivity contribution >= 4 is 0 Å². The third-order valence-corrected chi connectivity index (χ3v) is 1.88. The van der Waals surface area contributed by atoms with Crippen LogP contribution in [0.5, 0.6) is 0 Å². The lowest BCUT2D eigenvalue weighted by molar-refractivity contribution is 0.662. The standard InChI is InChI=1S/C9H15N/c1-8-4-3-5-9(10-2)7-6-8/h5-8,10H,3-4H2,1-2H3. The highest BCUT2D eigenvalue weighted by molar-refractivity contribution is 5.18. The van der Waals surface area contributed by atoms with Gasteiger partial charge in [-0.1, -0.05) is 19.1 Å². The zero-order valence-corrected chi connectivity index (χ0v) is 6.72. The molecule has 1 atom stereocenters. The average molecular weight is 137 g/mol. The number of hydrogen-bond acceptors (Lipinski definition) is 1. The number of likely N-dealkylation sites (N-methyl/N-ethyl adjacent to an activating group) is 1. The number of hydrogen-bond donors (Lipinski definition) is 1. The SMILES string of the molecule is CNC1=CCCC(C)C=C1. The average Bonchev–Trinajstić information content (AvgIpc) is 2.14. The van der Waals surface area contributed by atoms with Gasteiger partial charge in [-0.25, -0.2) is 0 Å². The van der Waals surface area contributed by atoms with E-state index >= 15 is 0 Å². The second kappa shape index (κ2) is 3.45. The molecule has 0 aromatic rings. The lowest BCUT2D eigenvalue weighted by Crippen LogP contribution is -2.01. The van der Waals surface area contributed by atoms with Crippen molar-refractivity contribution in [3.63, 3.8) is 0 Å². The monoisotopic (exact) mass is 137 g/mol. The fourth-order valence-electron chi connectivity index (χ4n) is 1.12. The van der Waals surface area contributed by atoms with Crippen molar-refractivity contribution in [1.82, 2.24) is 5.32 Å². The van der Waals surface area contributed by atoms with E-state index in [1.54, 1.807) is 0 Å². The van der Waals surface area contributed by atoms with Crippen molar-refractivity contribution in [2.45, 2.75) is 19.8 Å². The van der Waals surface area contributed by atoms with Crippen LogP contribution in [0.1, 0.15) is 19.8 Å². The largest absolute Gasteiger partial charge is 0.388 e. The Hall–Kier alpha value is -0.720. The summed E-state index contributed by atoms with van der Waals surface area (Å²) in [6, 6.07) is 0. The van der Waals surface area contributed by atoms with Gasteiger partial charge in [0.2, 0.25) is 0 Å². The summed E-state index contributed by atoms with van der Waals surface area (Å²) in [5.74, 6) is 0.738. The summed E-state index contributed by atoms with van der Waals surface area (Å²) in [5, 5.41) is 3.14. The van der Waals surface area contributed by atoms with Gasteiger partial charge in [0.1, 0.15) is 0 Å². The van der Waals surface area contributed by atoms with E-state index in [-0.39, 0.29) is 0 Å². The Morgan fingerprint density at radius 2 is 2.40 bits per heavy atom. The molecular formula is C9H15N. The van der Waals surface area contributed by atoms with E-state index in [1.165, 1.54) is 18.5 Å². The van der Waals surface area contributed by atoms with Crippen molar-refractivity contribution < 1.29 is 0 Å². The molecule has 1 aliphatic carbocycles. The lowest BCUT2D eigenvalue weighted by Gasteiger charge is -1.97. The molecule has 0 aromatic heterocycles. The first-order valence-corrected chi connectivity index (χ1v) is 3.89. The van der Waals surface area contributed by atoms with Gasteiger partial charge >= 0.3 is 0 Å². The van der Waals surface area contributed by atoms with Crippen LogP contribution in [0.25, 0.3) is 0 Å². The molecule has 1 N–H and O–H groups in total. The van der Waals surface area contributed by atoms with Crippen LogP contribution in [-0.2, 0) is 0 Å². The van der Waals surface area contributed by atoms with E-state index in [1.807, 2.05) is 7.05 Å². The van der Waals surface area contributed by atoms with Gasteiger partial charge in [-0.15, -0.1) is 0 Å². The molecule has 1 unspecified atom stereocenters. The van der Waals surface area contributed by atoms with Crippen LogP contribution in [0.15, 0.2) is 23.9 Å². The Morgan fingerprint density at radius 1 is 1.60 bits per heavy atom. The smallest absolute Gasteiger partial charge is 0.0293 e. The van der Waals surface area contributed by atoms with Gasteiger partial charge in [-0.3, -0.25) is 0 Å². The van der Waals surface area contributed by atoms with Crippen LogP contribution >= 0.6 is 0 Å². The molecule has 0 aromatic carbocycles. The molecule has 1 aliphatic rings. The summed E-state index contributed by atoms with van der Waals surface area (Å²) in [7, 11) is 1.96. The van der Waals surface area contributed by atoms with E-state index in [0.29, 0.717) is 0 Å². The summed E-state index contributed by atoms with van der Waals surface area (Å²) in [4.78, 5) is 0. The summed E-state index contributed by atoms with van der Waals surface area (Å²) in [6.45, 7) is 2.25. The van der Waals surface area contributed by atoms with Crippen molar-refractivity contribution in [1.29, 1.82) is 0 Å². The molecule has 1 heteroatoms. The highest BCUT2D eigenvalue weighted by atomic mass is 14.8. The topological polar surface area (TPSA) is 12.0 Å². The van der Waals surface area contributed by atoms with Crippen molar-refractivity contribution in [2.24, 2.45) is 5.92 Å². The summed E-state index contributed by atoms with van der Waals surface area (Å²) < 4.78 is 0. The molecule has 1 nitrogen and oxygen atoms in total. The maximum Gasteiger partial charge on any atom is 0.0293 e. The van der Waals surface area contributed by atoms with Gasteiger partial charge in [0.25, 0.3) is 0 Å². The fourth-order valence-corrected chi connectivity index (χ4v) is 1.12. The molecule has 0 fully saturated rings. The molecule has 0 radical (unpaired) electrons. The predicted molar refractivity (Wildman–Crippen MR) is 44.7 cm³/mol. The Kier molecular flexibility index (Phi) is 2.55. The first-order chi connectivity index (χ1) is 4.83. The van der Waals surface area contributed by atoms with Crippen molar-refractivity contribution in [3.05, 3.63) is 23.9 Å². The molecule has 0 spiro atoms. The molecule has 0 saturated carbocycles. The number of allylic oxidation sites excluding steroid dienone is 3. The minimum absolute atomic E-state index is 0.738. The van der Waals surface area contributed by atoms with Gasteiger partial charge in [0.15, 0.2) is 0 Å². The van der Waals surface area contributed by atoms with E-state index in [0.717, 1.165) is 5.92 Å². The van der Waals surface area contributed by atoms with Crippen LogP contribution < -0.4 is 5.32 Å². The predicted octanol–water partition coefficient (Wildman–Crippen LogP) is 2.08. The van der Waals surface area contributed by atoms with Crippen LogP contribution in [-0.4, -0.2) is 7.05 Å². The van der Waals surface area contributed by atoms with E-state index in [9.17, 15) is 0 Å². The zero-order valence-electron chi connectivity index (χ0n) is 6.72. The maximum atomic E-state index is 3.14. The minimum Gasteiger partial charge on any atom is -0.388 e. The fraction of sp³-hybridized carbons (Fsp3) is 0.556. The zero-order chi connectivity index (χ0) is 7.40. The first kappa shape index (κ1) is 7.39. The summed E-state index contributed by atoms with van der Waals surface area (Å²) in [6.07, 6.45) is 9.15. The van der Waals surface area contributed by atoms with Gasteiger partial charge in [0.05, 0.1) is 0 Å². The molecule has 10 heavy (non-hydrogen) atoms. The second-order valence-corrected chi connectivity index (χ2v) is 2.82. The Bertz CT molecular complexity index is 156. The molecule has 0 aliphatic heterocycles. The number of nitrogens with one attached hydrogen (secondary N) is 1. The minimum atomic E-state index is 0.738. The van der Waals surface area contributed by atoms with Crippen LogP contribution in [0, 0.1) is 5.92 Å². The summed E-state index contributed by atoms with van der Waals surface area (Å²) >= 11 is 0. The van der Waals surface area contributed by atoms with Gasteiger partial charge in [-0.05, 0) is 24.8 Å². The highest BCUT2D eigenvalue weighted by Crippen LogP contribution is 2.13. The highest BCUT2D eigenvalue weighted by Gasteiger charge is 1.99. The lowest BCUT2D eigenvalue weighted by atomic mass is 10.1. The van der Waals surface area contributed by atoms with Gasteiger partial charge in [0, 0.05) is 12.7 Å². The van der Waals surface area contributed by atoms with Gasteiger partial charge < -0.3 is 5.32 Å². The third kappa shape index (κ3) is 1.90. The molecule has 0 bridgehead atoms. The Morgan fingerprint density at radius 3 is 3.10 bits per heavy atom. The van der Waals surface area contributed by atoms with Crippen LogP contribution in [0.4, 0.5) is 0 Å². The molecular weight excluding hydrogens is 122 g/mol. The van der Waals surface area contributed by atoms with E-state index in [2.05, 4.69) is 30.5 Å². The molecule has 0 saturated heterocycles.